The highest BCUT2D eigenvalue weighted by atomic mass is 19.1. The first-order chi connectivity index (χ1) is 13.0. The van der Waals surface area contributed by atoms with E-state index >= 15 is 0 Å². The molecule has 0 spiro atoms. The molecule has 1 atom stereocenters. The molecule has 0 bridgehead atoms. The van der Waals surface area contributed by atoms with Crippen molar-refractivity contribution in [3.8, 4) is 0 Å². The Morgan fingerprint density at radius 1 is 1.07 bits per heavy atom. The fourth-order valence-corrected chi connectivity index (χ4v) is 3.49. The summed E-state index contributed by atoms with van der Waals surface area (Å²) in [7, 11) is 1.61. The highest BCUT2D eigenvalue weighted by Crippen LogP contribution is 2.29. The van der Waals surface area contributed by atoms with Crippen LogP contribution in [0.5, 0.6) is 0 Å². The Hall–Kier alpha value is -3.06. The van der Waals surface area contributed by atoms with Crippen molar-refractivity contribution < 1.29 is 23.5 Å². The summed E-state index contributed by atoms with van der Waals surface area (Å²) in [5, 5.41) is 0. The van der Waals surface area contributed by atoms with Crippen molar-refractivity contribution in [2.24, 2.45) is 0 Å². The van der Waals surface area contributed by atoms with Gasteiger partial charge in [0.2, 0.25) is 0 Å². The molecule has 1 unspecified atom stereocenters. The zero-order valence-corrected chi connectivity index (χ0v) is 14.6. The van der Waals surface area contributed by atoms with E-state index in [4.69, 9.17) is 4.74 Å². The van der Waals surface area contributed by atoms with Crippen molar-refractivity contribution >= 4 is 23.4 Å². The van der Waals surface area contributed by atoms with Gasteiger partial charge in [0.25, 0.3) is 17.7 Å². The van der Waals surface area contributed by atoms with Crippen molar-refractivity contribution in [1.29, 1.82) is 0 Å². The maximum absolute atomic E-state index is 13.1. The van der Waals surface area contributed by atoms with Crippen LogP contribution >= 0.6 is 0 Å². The van der Waals surface area contributed by atoms with Crippen LogP contribution in [0.3, 0.4) is 0 Å². The number of imide groups is 1. The number of amides is 3. The summed E-state index contributed by atoms with van der Waals surface area (Å²) < 4.78 is 18.4. The van der Waals surface area contributed by atoms with Crippen LogP contribution in [0.15, 0.2) is 42.5 Å². The van der Waals surface area contributed by atoms with Crippen molar-refractivity contribution in [3.63, 3.8) is 0 Å². The molecule has 1 fully saturated rings. The molecule has 0 radical (unpaired) electrons. The molecule has 7 heteroatoms. The number of likely N-dealkylation sites (tertiary alicyclic amines) is 1. The Morgan fingerprint density at radius 2 is 1.78 bits per heavy atom. The van der Waals surface area contributed by atoms with E-state index in [0.29, 0.717) is 18.7 Å². The minimum absolute atomic E-state index is 0.0144. The van der Waals surface area contributed by atoms with Gasteiger partial charge >= 0.3 is 0 Å². The van der Waals surface area contributed by atoms with Gasteiger partial charge in [0.15, 0.2) is 0 Å². The first-order valence-electron chi connectivity index (χ1n) is 8.60. The molecular formula is C20H17FN2O4. The molecule has 138 valence electrons. The van der Waals surface area contributed by atoms with E-state index in [0.717, 1.165) is 11.3 Å². The number of methoxy groups -OCH3 is 1. The van der Waals surface area contributed by atoms with Crippen molar-refractivity contribution in [1.82, 2.24) is 4.90 Å². The van der Waals surface area contributed by atoms with E-state index in [2.05, 4.69) is 0 Å². The molecule has 27 heavy (non-hydrogen) atoms. The number of nitrogens with zero attached hydrogens (tertiary/aromatic N) is 2. The molecule has 3 amide bonds. The van der Waals surface area contributed by atoms with Crippen molar-refractivity contribution in [2.75, 3.05) is 25.1 Å². The second kappa shape index (κ2) is 6.59. The molecule has 0 aromatic heterocycles. The van der Waals surface area contributed by atoms with Gasteiger partial charge < -0.3 is 9.64 Å². The monoisotopic (exact) mass is 368 g/mol. The number of carbonyl (C=O) groups is 3. The summed E-state index contributed by atoms with van der Waals surface area (Å²) in [6.07, 6.45) is 0.781. The number of halogens is 1. The smallest absolute Gasteiger partial charge is 0.266 e. The van der Waals surface area contributed by atoms with Crippen LogP contribution in [0.4, 0.5) is 10.1 Å². The van der Waals surface area contributed by atoms with Crippen LogP contribution in [-0.2, 0) is 4.74 Å². The average Bonchev–Trinajstić information content (AvgIpc) is 3.26. The Kier molecular flexibility index (Phi) is 4.24. The van der Waals surface area contributed by atoms with Crippen LogP contribution in [0.1, 0.15) is 37.5 Å². The summed E-state index contributed by atoms with van der Waals surface area (Å²) in [6.45, 7) is 1.09. The second-order valence-electron chi connectivity index (χ2n) is 6.58. The highest BCUT2D eigenvalue weighted by molar-refractivity contribution is 6.34. The maximum Gasteiger partial charge on any atom is 0.266 e. The molecule has 0 saturated carbocycles. The number of anilines is 1. The highest BCUT2D eigenvalue weighted by Gasteiger charge is 2.37. The molecule has 0 N–H and O–H groups in total. The van der Waals surface area contributed by atoms with Crippen LogP contribution < -0.4 is 4.90 Å². The Morgan fingerprint density at radius 3 is 2.44 bits per heavy atom. The zero-order chi connectivity index (χ0) is 19.1. The molecule has 2 aliphatic rings. The van der Waals surface area contributed by atoms with Gasteiger partial charge in [-0.2, -0.15) is 0 Å². The maximum atomic E-state index is 13.1. The average molecular weight is 368 g/mol. The third kappa shape index (κ3) is 2.90. The molecule has 2 aliphatic heterocycles. The van der Waals surface area contributed by atoms with Crippen LogP contribution in [0, 0.1) is 5.82 Å². The number of hydrogen-bond acceptors (Lipinski definition) is 4. The van der Waals surface area contributed by atoms with E-state index in [1.165, 1.54) is 36.4 Å². The van der Waals surface area contributed by atoms with E-state index in [9.17, 15) is 18.8 Å². The largest absolute Gasteiger partial charge is 0.380 e. The summed E-state index contributed by atoms with van der Waals surface area (Å²) in [6, 6.07) is 9.63. The first-order valence-corrected chi connectivity index (χ1v) is 8.60. The van der Waals surface area contributed by atoms with E-state index in [1.807, 2.05) is 0 Å². The summed E-state index contributed by atoms with van der Waals surface area (Å²) >= 11 is 0. The van der Waals surface area contributed by atoms with Crippen LogP contribution in [-0.4, -0.2) is 48.9 Å². The lowest BCUT2D eigenvalue weighted by molar-refractivity contribution is 0.0724. The lowest BCUT2D eigenvalue weighted by Crippen LogP contribution is -2.30. The Labute approximate surface area is 155 Å². The standard InChI is InChI=1S/C20H17FN2O4/c1-27-15-8-9-22(11-15)18(24)12-2-7-16-17(10-12)20(26)23(19(16)25)14-5-3-13(21)4-6-14/h2-7,10,15H,8-9,11H2,1H3. The molecular weight excluding hydrogens is 351 g/mol. The SMILES string of the molecule is COC1CCN(C(=O)c2ccc3c(c2)C(=O)N(c2ccc(F)cc2)C3=O)C1. The quantitative estimate of drug-likeness (QED) is 0.781. The van der Waals surface area contributed by atoms with Gasteiger partial charge in [-0.05, 0) is 48.9 Å². The van der Waals surface area contributed by atoms with Gasteiger partial charge in [-0.3, -0.25) is 14.4 Å². The van der Waals surface area contributed by atoms with Gasteiger partial charge in [0.1, 0.15) is 5.82 Å². The number of hydrogen-bond donors (Lipinski definition) is 0. The minimum Gasteiger partial charge on any atom is -0.380 e. The Balaban J connectivity index is 1.63. The van der Waals surface area contributed by atoms with E-state index < -0.39 is 17.6 Å². The predicted molar refractivity (Wildman–Crippen MR) is 95.3 cm³/mol. The lowest BCUT2D eigenvalue weighted by atomic mass is 10.0. The van der Waals surface area contributed by atoms with Crippen LogP contribution in [0.25, 0.3) is 0 Å². The number of carbonyl (C=O) groups excluding carboxylic acids is 3. The van der Waals surface area contributed by atoms with E-state index in [1.54, 1.807) is 18.1 Å². The van der Waals surface area contributed by atoms with E-state index in [-0.39, 0.29) is 28.8 Å². The molecule has 2 heterocycles. The fourth-order valence-electron chi connectivity index (χ4n) is 3.49. The number of ether oxygens (including phenoxy) is 1. The van der Waals surface area contributed by atoms with Gasteiger partial charge in [-0.15, -0.1) is 0 Å². The molecule has 1 saturated heterocycles. The molecule has 4 rings (SSSR count). The molecule has 6 nitrogen and oxygen atoms in total. The lowest BCUT2D eigenvalue weighted by Gasteiger charge is -2.16. The number of rotatable bonds is 3. The van der Waals surface area contributed by atoms with Gasteiger partial charge in [0.05, 0.1) is 22.9 Å². The summed E-state index contributed by atoms with van der Waals surface area (Å²) in [4.78, 5) is 40.7. The third-order valence-electron chi connectivity index (χ3n) is 4.98. The molecule has 2 aromatic rings. The minimum atomic E-state index is -0.521. The van der Waals surface area contributed by atoms with Crippen molar-refractivity contribution in [2.45, 2.75) is 12.5 Å². The van der Waals surface area contributed by atoms with Crippen LogP contribution in [0.2, 0.25) is 0 Å². The summed E-state index contributed by atoms with van der Waals surface area (Å²) in [5.74, 6) is -1.66. The second-order valence-corrected chi connectivity index (χ2v) is 6.58. The molecule has 2 aromatic carbocycles. The third-order valence-corrected chi connectivity index (χ3v) is 4.98. The topological polar surface area (TPSA) is 66.9 Å². The predicted octanol–water partition coefficient (Wildman–Crippen LogP) is 2.49. The van der Waals surface area contributed by atoms with Gasteiger partial charge in [-0.1, -0.05) is 0 Å². The zero-order valence-electron chi connectivity index (χ0n) is 14.6. The van der Waals surface area contributed by atoms with Gasteiger partial charge in [0, 0.05) is 25.8 Å². The first kappa shape index (κ1) is 17.4. The Bertz CT molecular complexity index is 941. The molecule has 0 aliphatic carbocycles. The normalized spacial score (nSPS) is 19.0. The number of fused-ring (bicyclic) bond motifs is 1. The fraction of sp³-hybridized carbons (Fsp3) is 0.250. The van der Waals surface area contributed by atoms with Gasteiger partial charge in [-0.25, -0.2) is 9.29 Å². The van der Waals surface area contributed by atoms with Crippen molar-refractivity contribution in [3.05, 3.63) is 65.0 Å². The summed E-state index contributed by atoms with van der Waals surface area (Å²) in [5.41, 5.74) is 1.06. The number of benzene rings is 2.